The van der Waals surface area contributed by atoms with Crippen LogP contribution in [-0.2, 0) is 6.54 Å². The van der Waals surface area contributed by atoms with E-state index in [1.165, 1.54) is 0 Å². The summed E-state index contributed by atoms with van der Waals surface area (Å²) in [6, 6.07) is 5.45. The van der Waals surface area contributed by atoms with Gasteiger partial charge in [0.15, 0.2) is 5.52 Å². The first kappa shape index (κ1) is 16.8. The van der Waals surface area contributed by atoms with Crippen molar-refractivity contribution in [1.82, 2.24) is 24.6 Å². The monoisotopic (exact) mass is 345 g/mol. The quantitative estimate of drug-likeness (QED) is 0.665. The Balaban J connectivity index is 2.14. The fraction of sp³-hybridized carbons (Fsp3) is 0.412. The van der Waals surface area contributed by atoms with Gasteiger partial charge in [-0.1, -0.05) is 37.6 Å². The largest absolute Gasteiger partial charge is 0.302 e. The zero-order valence-electron chi connectivity index (χ0n) is 14.1. The van der Waals surface area contributed by atoms with Gasteiger partial charge in [-0.15, -0.1) is 10.2 Å². The highest BCUT2D eigenvalue weighted by Gasteiger charge is 2.14. The topological polar surface area (TPSA) is 63.9 Å². The minimum atomic E-state index is -0.154. The van der Waals surface area contributed by atoms with Crippen LogP contribution < -0.4 is 5.56 Å². The molecule has 1 aromatic carbocycles. The van der Waals surface area contributed by atoms with E-state index in [-0.39, 0.29) is 11.1 Å². The van der Waals surface area contributed by atoms with Crippen molar-refractivity contribution < 1.29 is 0 Å². The Bertz CT molecular complexity index is 949. The zero-order chi connectivity index (χ0) is 17.3. The summed E-state index contributed by atoms with van der Waals surface area (Å²) in [4.78, 5) is 19.7. The van der Waals surface area contributed by atoms with Crippen LogP contribution >= 0.6 is 11.6 Å². The Morgan fingerprint density at radius 2 is 1.83 bits per heavy atom. The molecule has 0 aliphatic carbocycles. The highest BCUT2D eigenvalue weighted by molar-refractivity contribution is 6.35. The van der Waals surface area contributed by atoms with E-state index >= 15 is 0 Å². The zero-order valence-corrected chi connectivity index (χ0v) is 14.8. The predicted octanol–water partition coefficient (Wildman–Crippen LogP) is 2.64. The number of nitrogens with zero attached hydrogens (tertiary/aromatic N) is 5. The van der Waals surface area contributed by atoms with Gasteiger partial charge in [0.1, 0.15) is 16.9 Å². The smallest absolute Gasteiger partial charge is 0.282 e. The average Bonchev–Trinajstić information content (AvgIpc) is 2.58. The van der Waals surface area contributed by atoms with Crippen LogP contribution in [0.1, 0.15) is 19.7 Å². The lowest BCUT2D eigenvalue weighted by atomic mass is 10.2. The molecule has 0 spiro atoms. The Morgan fingerprint density at radius 3 is 2.54 bits per heavy atom. The third-order valence-electron chi connectivity index (χ3n) is 4.36. The maximum Gasteiger partial charge on any atom is 0.282 e. The third kappa shape index (κ3) is 2.87. The van der Waals surface area contributed by atoms with Gasteiger partial charge in [0, 0.05) is 18.5 Å². The van der Waals surface area contributed by atoms with Crippen molar-refractivity contribution in [2.45, 2.75) is 27.3 Å². The molecule has 0 bridgehead atoms. The summed E-state index contributed by atoms with van der Waals surface area (Å²) in [6.07, 6.45) is 0. The van der Waals surface area contributed by atoms with E-state index in [0.717, 1.165) is 25.0 Å². The van der Waals surface area contributed by atoms with Crippen molar-refractivity contribution in [3.63, 3.8) is 0 Å². The molecule has 6 nitrogen and oxygen atoms in total. The summed E-state index contributed by atoms with van der Waals surface area (Å²) in [5.74, 6) is 0.675. The Labute approximate surface area is 145 Å². The van der Waals surface area contributed by atoms with Crippen LogP contribution in [-0.4, -0.2) is 44.3 Å². The number of hydrogen-bond acceptors (Lipinski definition) is 5. The van der Waals surface area contributed by atoms with Crippen molar-refractivity contribution in [3.8, 4) is 0 Å². The van der Waals surface area contributed by atoms with Crippen molar-refractivity contribution in [2.24, 2.45) is 0 Å². The molecule has 7 heteroatoms. The molecule has 0 aliphatic heterocycles. The van der Waals surface area contributed by atoms with Gasteiger partial charge in [-0.3, -0.25) is 9.36 Å². The molecule has 0 aliphatic rings. The fourth-order valence-electron chi connectivity index (χ4n) is 2.88. The maximum absolute atomic E-state index is 12.8. The van der Waals surface area contributed by atoms with Gasteiger partial charge in [-0.25, -0.2) is 4.98 Å². The first-order valence-electron chi connectivity index (χ1n) is 8.11. The van der Waals surface area contributed by atoms with Crippen molar-refractivity contribution in [1.29, 1.82) is 0 Å². The van der Waals surface area contributed by atoms with E-state index in [1.807, 2.05) is 19.1 Å². The van der Waals surface area contributed by atoms with Crippen LogP contribution in [0.15, 0.2) is 23.0 Å². The molecule has 0 saturated carbocycles. The van der Waals surface area contributed by atoms with E-state index < -0.39 is 0 Å². The predicted molar refractivity (Wildman–Crippen MR) is 96.6 cm³/mol. The van der Waals surface area contributed by atoms with E-state index in [1.54, 1.807) is 10.6 Å². The molecule has 0 saturated heterocycles. The summed E-state index contributed by atoms with van der Waals surface area (Å²) >= 11 is 6.17. The van der Waals surface area contributed by atoms with Crippen LogP contribution in [0.25, 0.3) is 21.9 Å². The van der Waals surface area contributed by atoms with Crippen LogP contribution in [0, 0.1) is 6.92 Å². The number of fused-ring (bicyclic) bond motifs is 3. The summed E-state index contributed by atoms with van der Waals surface area (Å²) < 4.78 is 1.67. The number of benzene rings is 1. The standard InChI is InChI=1S/C17H20ClN5O/c1-4-22(5-2)9-10-23-11(3)19-15-12-7-6-8-13(18)14(12)20-21-16(15)17(23)24/h6-8H,4-5,9-10H2,1-3H3. The molecule has 0 N–H and O–H groups in total. The maximum atomic E-state index is 12.8. The Hall–Kier alpha value is -2.05. The molecular weight excluding hydrogens is 326 g/mol. The van der Waals surface area contributed by atoms with E-state index in [9.17, 15) is 4.79 Å². The molecule has 2 heterocycles. The molecule has 0 amide bonds. The van der Waals surface area contributed by atoms with Gasteiger partial charge in [0.05, 0.1) is 5.02 Å². The van der Waals surface area contributed by atoms with Gasteiger partial charge in [0.2, 0.25) is 0 Å². The normalized spacial score (nSPS) is 11.7. The average molecular weight is 346 g/mol. The van der Waals surface area contributed by atoms with Crippen molar-refractivity contribution in [2.75, 3.05) is 19.6 Å². The molecule has 126 valence electrons. The van der Waals surface area contributed by atoms with Crippen molar-refractivity contribution >= 4 is 33.5 Å². The summed E-state index contributed by atoms with van der Waals surface area (Å²) in [6.45, 7) is 9.36. The molecule has 24 heavy (non-hydrogen) atoms. The third-order valence-corrected chi connectivity index (χ3v) is 4.67. The second-order valence-corrected chi connectivity index (χ2v) is 6.08. The molecule has 0 fully saturated rings. The van der Waals surface area contributed by atoms with E-state index in [0.29, 0.717) is 28.4 Å². The van der Waals surface area contributed by atoms with E-state index in [2.05, 4.69) is 33.9 Å². The summed E-state index contributed by atoms with van der Waals surface area (Å²) in [7, 11) is 0. The lowest BCUT2D eigenvalue weighted by Gasteiger charge is -2.19. The van der Waals surface area contributed by atoms with Gasteiger partial charge < -0.3 is 4.90 Å². The molecule has 0 atom stereocenters. The Kier molecular flexibility index (Phi) is 4.78. The van der Waals surface area contributed by atoms with Gasteiger partial charge in [-0.2, -0.15) is 0 Å². The SMILES string of the molecule is CCN(CC)CCn1c(C)nc2c(nnc3c(Cl)cccc32)c1=O. The van der Waals surface area contributed by atoms with Crippen LogP contribution in [0.3, 0.4) is 0 Å². The number of aromatic nitrogens is 4. The lowest BCUT2D eigenvalue weighted by molar-refractivity contribution is 0.287. The second kappa shape index (κ2) is 6.83. The van der Waals surface area contributed by atoms with Crippen LogP contribution in [0.5, 0.6) is 0 Å². The first-order valence-corrected chi connectivity index (χ1v) is 8.49. The highest BCUT2D eigenvalue weighted by atomic mass is 35.5. The Morgan fingerprint density at radius 1 is 1.12 bits per heavy atom. The fourth-order valence-corrected chi connectivity index (χ4v) is 3.09. The van der Waals surface area contributed by atoms with Crippen molar-refractivity contribution in [3.05, 3.63) is 39.4 Å². The number of hydrogen-bond donors (Lipinski definition) is 0. The molecule has 0 radical (unpaired) electrons. The minimum absolute atomic E-state index is 0.154. The molecule has 2 aromatic heterocycles. The van der Waals surface area contributed by atoms with Gasteiger partial charge in [-0.05, 0) is 26.1 Å². The summed E-state index contributed by atoms with van der Waals surface area (Å²) in [5.41, 5.74) is 1.26. The number of halogens is 1. The number of rotatable bonds is 5. The van der Waals surface area contributed by atoms with Crippen LogP contribution in [0.2, 0.25) is 5.02 Å². The minimum Gasteiger partial charge on any atom is -0.302 e. The van der Waals surface area contributed by atoms with Gasteiger partial charge in [0.25, 0.3) is 5.56 Å². The van der Waals surface area contributed by atoms with Crippen LogP contribution in [0.4, 0.5) is 0 Å². The molecule has 0 unspecified atom stereocenters. The molecular formula is C17H20ClN5O. The highest BCUT2D eigenvalue weighted by Crippen LogP contribution is 2.24. The summed E-state index contributed by atoms with van der Waals surface area (Å²) in [5, 5.41) is 9.48. The van der Waals surface area contributed by atoms with Gasteiger partial charge >= 0.3 is 0 Å². The lowest BCUT2D eigenvalue weighted by Crippen LogP contribution is -2.32. The number of aryl methyl sites for hydroxylation is 1. The first-order chi connectivity index (χ1) is 11.6. The number of likely N-dealkylation sites (N-methyl/N-ethyl adjacent to an activating group) is 1. The molecule has 3 rings (SSSR count). The van der Waals surface area contributed by atoms with E-state index in [4.69, 9.17) is 11.6 Å². The second-order valence-electron chi connectivity index (χ2n) is 5.68. The molecule has 3 aromatic rings.